The molecule has 0 radical (unpaired) electrons. The average Bonchev–Trinajstić information content (AvgIpc) is 2.94. The Balaban J connectivity index is 1.65. The summed E-state index contributed by atoms with van der Waals surface area (Å²) in [5.74, 6) is 1.66. The van der Waals surface area contributed by atoms with Gasteiger partial charge in [-0.05, 0) is 25.0 Å². The maximum Gasteiger partial charge on any atom is 0.258 e. The van der Waals surface area contributed by atoms with Crippen LogP contribution in [0.25, 0.3) is 11.5 Å². The lowest BCUT2D eigenvalue weighted by Crippen LogP contribution is -2.08. The molecule has 1 aliphatic carbocycles. The second-order valence-corrected chi connectivity index (χ2v) is 6.61. The van der Waals surface area contributed by atoms with Crippen LogP contribution in [0, 0.1) is 0 Å². The topological polar surface area (TPSA) is 79.4 Å². The molecule has 0 unspecified atom stereocenters. The van der Waals surface area contributed by atoms with Crippen molar-refractivity contribution in [3.05, 3.63) is 24.0 Å². The first kappa shape index (κ1) is 14.3. The molecule has 2 N–H and O–H groups in total. The Bertz CT molecular complexity index is 588. The Hall–Kier alpha value is -1.69. The van der Waals surface area contributed by atoms with Crippen molar-refractivity contribution in [2.24, 2.45) is 0 Å². The summed E-state index contributed by atoms with van der Waals surface area (Å²) in [7, 11) is 0. The summed E-state index contributed by atoms with van der Waals surface area (Å²) in [6.07, 6.45) is 6.53. The molecular weight excluding hydrogens is 288 g/mol. The lowest BCUT2D eigenvalue weighted by molar-refractivity contribution is 0.422. The minimum Gasteiger partial charge on any atom is -0.508 e. The summed E-state index contributed by atoms with van der Waals surface area (Å²) in [4.78, 5) is 4.33. The van der Waals surface area contributed by atoms with Gasteiger partial charge in [-0.15, -0.1) is 0 Å². The minimum atomic E-state index is -0.0265. The minimum absolute atomic E-state index is 0.0265. The van der Waals surface area contributed by atoms with Crippen LogP contribution >= 0.6 is 11.8 Å². The van der Waals surface area contributed by atoms with E-state index in [4.69, 9.17) is 4.52 Å². The van der Waals surface area contributed by atoms with E-state index >= 15 is 0 Å². The lowest BCUT2D eigenvalue weighted by atomic mass is 10.0. The molecule has 6 heteroatoms. The van der Waals surface area contributed by atoms with Gasteiger partial charge in [0.05, 0.1) is 5.75 Å². The number of phenols is 2. The lowest BCUT2D eigenvalue weighted by Gasteiger charge is -2.19. The van der Waals surface area contributed by atoms with Gasteiger partial charge in [-0.25, -0.2) is 0 Å². The Labute approximate surface area is 127 Å². The highest BCUT2D eigenvalue weighted by molar-refractivity contribution is 7.99. The van der Waals surface area contributed by atoms with Crippen LogP contribution in [-0.2, 0) is 5.75 Å². The standard InChI is InChI=1S/C15H18N2O3S/c18-11-6-10(7-12(19)8-11)15-16-14(17-20-15)9-21-13-4-2-1-3-5-13/h6-8,13,18-19H,1-5,9H2. The van der Waals surface area contributed by atoms with Gasteiger partial charge in [0.25, 0.3) is 5.89 Å². The number of aromatic nitrogens is 2. The van der Waals surface area contributed by atoms with E-state index in [0.717, 1.165) is 5.75 Å². The highest BCUT2D eigenvalue weighted by Gasteiger charge is 2.16. The molecule has 0 aliphatic heterocycles. The van der Waals surface area contributed by atoms with Crippen molar-refractivity contribution in [1.29, 1.82) is 0 Å². The van der Waals surface area contributed by atoms with Crippen LogP contribution in [0.15, 0.2) is 22.7 Å². The van der Waals surface area contributed by atoms with Crippen molar-refractivity contribution in [3.8, 4) is 23.0 Å². The smallest absolute Gasteiger partial charge is 0.258 e. The normalized spacial score (nSPS) is 16.2. The van der Waals surface area contributed by atoms with Crippen molar-refractivity contribution in [1.82, 2.24) is 10.1 Å². The Morgan fingerprint density at radius 3 is 2.52 bits per heavy atom. The van der Waals surface area contributed by atoms with E-state index in [9.17, 15) is 10.2 Å². The van der Waals surface area contributed by atoms with Crippen LogP contribution in [0.1, 0.15) is 37.9 Å². The zero-order valence-electron chi connectivity index (χ0n) is 11.7. The van der Waals surface area contributed by atoms with Crippen molar-refractivity contribution in [3.63, 3.8) is 0 Å². The van der Waals surface area contributed by atoms with E-state index in [2.05, 4.69) is 10.1 Å². The van der Waals surface area contributed by atoms with Crippen LogP contribution < -0.4 is 0 Å². The molecule has 2 aromatic rings. The van der Waals surface area contributed by atoms with Crippen molar-refractivity contribution >= 4 is 11.8 Å². The monoisotopic (exact) mass is 306 g/mol. The van der Waals surface area contributed by atoms with Gasteiger partial charge in [-0.3, -0.25) is 0 Å². The number of hydrogen-bond acceptors (Lipinski definition) is 6. The quantitative estimate of drug-likeness (QED) is 0.896. The molecule has 1 fully saturated rings. The molecule has 21 heavy (non-hydrogen) atoms. The zero-order chi connectivity index (χ0) is 14.7. The molecule has 0 amide bonds. The number of aromatic hydroxyl groups is 2. The molecule has 0 saturated heterocycles. The third-order valence-electron chi connectivity index (χ3n) is 3.62. The first-order valence-corrected chi connectivity index (χ1v) is 8.23. The molecule has 1 aliphatic rings. The average molecular weight is 306 g/mol. The third-order valence-corrected chi connectivity index (χ3v) is 4.99. The molecule has 5 nitrogen and oxygen atoms in total. The van der Waals surface area contributed by atoms with E-state index in [1.165, 1.54) is 50.3 Å². The molecule has 1 aromatic heterocycles. The molecule has 1 heterocycles. The largest absolute Gasteiger partial charge is 0.508 e. The fraction of sp³-hybridized carbons (Fsp3) is 0.467. The summed E-state index contributed by atoms with van der Waals surface area (Å²) < 4.78 is 5.20. The Morgan fingerprint density at radius 2 is 1.81 bits per heavy atom. The summed E-state index contributed by atoms with van der Waals surface area (Å²) in [6, 6.07) is 4.25. The molecule has 0 atom stereocenters. The number of hydrogen-bond donors (Lipinski definition) is 2. The highest BCUT2D eigenvalue weighted by Crippen LogP contribution is 2.31. The Kier molecular flexibility index (Phi) is 4.34. The van der Waals surface area contributed by atoms with Gasteiger partial charge in [0.15, 0.2) is 5.82 Å². The van der Waals surface area contributed by atoms with E-state index in [1.54, 1.807) is 0 Å². The van der Waals surface area contributed by atoms with Gasteiger partial charge in [-0.1, -0.05) is 24.4 Å². The fourth-order valence-electron chi connectivity index (χ4n) is 2.57. The summed E-state index contributed by atoms with van der Waals surface area (Å²) in [6.45, 7) is 0. The van der Waals surface area contributed by atoms with Gasteiger partial charge in [-0.2, -0.15) is 16.7 Å². The van der Waals surface area contributed by atoms with Gasteiger partial charge in [0.2, 0.25) is 0 Å². The first-order chi connectivity index (χ1) is 10.2. The third kappa shape index (κ3) is 3.69. The van der Waals surface area contributed by atoms with E-state index in [-0.39, 0.29) is 11.5 Å². The molecule has 0 bridgehead atoms. The molecular formula is C15H18N2O3S. The molecule has 3 rings (SSSR count). The predicted octanol–water partition coefficient (Wildman–Crippen LogP) is 3.71. The van der Waals surface area contributed by atoms with Crippen LogP contribution in [-0.4, -0.2) is 25.6 Å². The summed E-state index contributed by atoms with van der Waals surface area (Å²) in [5.41, 5.74) is 0.522. The fourth-order valence-corrected chi connectivity index (χ4v) is 3.74. The Morgan fingerprint density at radius 1 is 1.10 bits per heavy atom. The van der Waals surface area contributed by atoms with E-state index in [1.807, 2.05) is 11.8 Å². The summed E-state index contributed by atoms with van der Waals surface area (Å²) >= 11 is 1.88. The number of nitrogens with zero attached hydrogens (tertiary/aromatic N) is 2. The second-order valence-electron chi connectivity index (χ2n) is 5.32. The van der Waals surface area contributed by atoms with Gasteiger partial charge >= 0.3 is 0 Å². The molecule has 112 valence electrons. The van der Waals surface area contributed by atoms with Gasteiger partial charge in [0.1, 0.15) is 11.5 Å². The molecule has 1 aromatic carbocycles. The van der Waals surface area contributed by atoms with Crippen LogP contribution in [0.2, 0.25) is 0 Å². The van der Waals surface area contributed by atoms with Gasteiger partial charge < -0.3 is 14.7 Å². The predicted molar refractivity (Wildman–Crippen MR) is 81.2 cm³/mol. The van der Waals surface area contributed by atoms with E-state index in [0.29, 0.717) is 22.5 Å². The zero-order valence-corrected chi connectivity index (χ0v) is 12.5. The number of phenolic OH excluding ortho intramolecular Hbond substituents is 2. The van der Waals surface area contributed by atoms with Gasteiger partial charge in [0, 0.05) is 16.9 Å². The van der Waals surface area contributed by atoms with Crippen molar-refractivity contribution in [2.45, 2.75) is 43.1 Å². The molecule has 1 saturated carbocycles. The second kappa shape index (κ2) is 6.39. The van der Waals surface area contributed by atoms with Crippen LogP contribution in [0.3, 0.4) is 0 Å². The van der Waals surface area contributed by atoms with Crippen LogP contribution in [0.4, 0.5) is 0 Å². The first-order valence-electron chi connectivity index (χ1n) is 7.18. The van der Waals surface area contributed by atoms with Crippen molar-refractivity contribution < 1.29 is 14.7 Å². The maximum atomic E-state index is 9.48. The highest BCUT2D eigenvalue weighted by atomic mass is 32.2. The van der Waals surface area contributed by atoms with E-state index < -0.39 is 0 Å². The van der Waals surface area contributed by atoms with Crippen molar-refractivity contribution in [2.75, 3.05) is 0 Å². The summed E-state index contributed by atoms with van der Waals surface area (Å²) in [5, 5.41) is 23.6. The number of thioether (sulfide) groups is 1. The van der Waals surface area contributed by atoms with Crippen LogP contribution in [0.5, 0.6) is 11.5 Å². The number of benzene rings is 1. The molecule has 0 spiro atoms. The number of rotatable bonds is 4. The maximum absolute atomic E-state index is 9.48. The SMILES string of the molecule is Oc1cc(O)cc(-c2nc(CSC3CCCCC3)no2)c1.